The predicted octanol–water partition coefficient (Wildman–Crippen LogP) is 4.14. The molecule has 0 radical (unpaired) electrons. The number of carbonyl (C=O) groups excluding carboxylic acids is 1. The van der Waals surface area contributed by atoms with Gasteiger partial charge in [0, 0.05) is 10.7 Å². The molecule has 0 fully saturated rings. The number of anilines is 2. The second-order valence-electron chi connectivity index (χ2n) is 4.12. The summed E-state index contributed by atoms with van der Waals surface area (Å²) in [7, 11) is 0. The molecule has 3 N–H and O–H groups in total. The van der Waals surface area contributed by atoms with E-state index in [1.165, 1.54) is 6.07 Å². The normalized spacial score (nSPS) is 10.3. The second kappa shape index (κ2) is 5.51. The number of aryl methyl sites for hydroxylation is 1. The van der Waals surface area contributed by atoms with Crippen LogP contribution in [0.1, 0.15) is 15.9 Å². The Morgan fingerprint density at radius 2 is 1.95 bits per heavy atom. The van der Waals surface area contributed by atoms with Crippen LogP contribution in [0.15, 0.2) is 36.4 Å². The van der Waals surface area contributed by atoms with Crippen molar-refractivity contribution in [2.45, 2.75) is 6.92 Å². The molecule has 0 aliphatic carbocycles. The van der Waals surface area contributed by atoms with Gasteiger partial charge in [-0.25, -0.2) is 0 Å². The molecule has 0 spiro atoms. The Kier molecular flexibility index (Phi) is 3.98. The van der Waals surface area contributed by atoms with Crippen molar-refractivity contribution in [3.05, 3.63) is 57.6 Å². The van der Waals surface area contributed by atoms with Crippen molar-refractivity contribution in [2.75, 3.05) is 11.1 Å². The van der Waals surface area contributed by atoms with Crippen molar-refractivity contribution in [1.29, 1.82) is 0 Å². The molecular formula is C14H12Cl2N2O. The van der Waals surface area contributed by atoms with Crippen LogP contribution >= 0.6 is 23.2 Å². The van der Waals surface area contributed by atoms with Crippen LogP contribution in [0, 0.1) is 6.92 Å². The number of nitrogens with two attached hydrogens (primary N) is 1. The van der Waals surface area contributed by atoms with Gasteiger partial charge in [-0.1, -0.05) is 35.3 Å². The van der Waals surface area contributed by atoms with E-state index >= 15 is 0 Å². The largest absolute Gasteiger partial charge is 0.398 e. The number of nitrogen functional groups attached to an aromatic ring is 1. The summed E-state index contributed by atoms with van der Waals surface area (Å²) in [4.78, 5) is 12.2. The zero-order valence-electron chi connectivity index (χ0n) is 10.2. The maximum atomic E-state index is 12.2. The summed E-state index contributed by atoms with van der Waals surface area (Å²) in [6.45, 7) is 1.86. The first kappa shape index (κ1) is 13.7. The summed E-state index contributed by atoms with van der Waals surface area (Å²) >= 11 is 11.9. The molecule has 98 valence electrons. The van der Waals surface area contributed by atoms with Gasteiger partial charge >= 0.3 is 0 Å². The van der Waals surface area contributed by atoms with Crippen LogP contribution in [-0.2, 0) is 0 Å². The first-order chi connectivity index (χ1) is 8.99. The quantitative estimate of drug-likeness (QED) is 0.818. The van der Waals surface area contributed by atoms with Gasteiger partial charge in [0.15, 0.2) is 0 Å². The van der Waals surface area contributed by atoms with E-state index in [9.17, 15) is 4.79 Å². The van der Waals surface area contributed by atoms with E-state index in [0.29, 0.717) is 27.0 Å². The van der Waals surface area contributed by atoms with Crippen LogP contribution in [0.5, 0.6) is 0 Å². The van der Waals surface area contributed by atoms with Crippen molar-refractivity contribution >= 4 is 40.5 Å². The van der Waals surface area contributed by atoms with Gasteiger partial charge in [0.1, 0.15) is 0 Å². The third kappa shape index (κ3) is 3.00. The maximum Gasteiger partial charge on any atom is 0.257 e. The van der Waals surface area contributed by atoms with E-state index in [0.717, 1.165) is 5.56 Å². The van der Waals surface area contributed by atoms with Gasteiger partial charge in [-0.05, 0) is 36.8 Å². The van der Waals surface area contributed by atoms with Crippen molar-refractivity contribution in [2.24, 2.45) is 0 Å². The topological polar surface area (TPSA) is 55.1 Å². The Balaban J connectivity index is 2.34. The van der Waals surface area contributed by atoms with Crippen LogP contribution in [0.2, 0.25) is 10.0 Å². The molecule has 1 amide bonds. The number of carbonyl (C=O) groups is 1. The Labute approximate surface area is 121 Å². The third-order valence-corrected chi connectivity index (χ3v) is 3.27. The van der Waals surface area contributed by atoms with Crippen molar-refractivity contribution in [3.8, 4) is 0 Å². The molecule has 2 rings (SSSR count). The zero-order valence-corrected chi connectivity index (χ0v) is 11.7. The molecule has 0 aliphatic heterocycles. The Morgan fingerprint density at radius 3 is 2.63 bits per heavy atom. The zero-order chi connectivity index (χ0) is 14.0. The molecule has 0 unspecified atom stereocenters. The fraction of sp³-hybridized carbons (Fsp3) is 0.0714. The standard InChI is InChI=1S/C14H12Cl2N2O/c1-8-3-2-4-11(16)13(8)18-14(19)10-7-9(15)5-6-12(10)17/h2-7H,17H2,1H3,(H,18,19). The highest BCUT2D eigenvalue weighted by atomic mass is 35.5. The van der Waals surface area contributed by atoms with Gasteiger partial charge in [0.05, 0.1) is 16.3 Å². The van der Waals surface area contributed by atoms with Gasteiger partial charge in [0.25, 0.3) is 5.91 Å². The summed E-state index contributed by atoms with van der Waals surface area (Å²) in [6, 6.07) is 10.2. The van der Waals surface area contributed by atoms with Gasteiger partial charge in [0.2, 0.25) is 0 Å². The molecule has 3 nitrogen and oxygen atoms in total. The van der Waals surface area contributed by atoms with Crippen molar-refractivity contribution < 1.29 is 4.79 Å². The van der Waals surface area contributed by atoms with Gasteiger partial charge in [-0.2, -0.15) is 0 Å². The van der Waals surface area contributed by atoms with E-state index in [-0.39, 0.29) is 5.91 Å². The molecule has 5 heteroatoms. The van der Waals surface area contributed by atoms with Crippen LogP contribution in [0.25, 0.3) is 0 Å². The first-order valence-corrected chi connectivity index (χ1v) is 6.36. The van der Waals surface area contributed by atoms with E-state index in [2.05, 4.69) is 5.32 Å². The lowest BCUT2D eigenvalue weighted by Crippen LogP contribution is -2.15. The summed E-state index contributed by atoms with van der Waals surface area (Å²) in [6.07, 6.45) is 0. The minimum atomic E-state index is -0.337. The fourth-order valence-electron chi connectivity index (χ4n) is 1.70. The second-order valence-corrected chi connectivity index (χ2v) is 4.96. The number of benzene rings is 2. The van der Waals surface area contributed by atoms with Crippen LogP contribution in [0.3, 0.4) is 0 Å². The van der Waals surface area contributed by atoms with Crippen LogP contribution in [0.4, 0.5) is 11.4 Å². The number of rotatable bonds is 2. The highest BCUT2D eigenvalue weighted by Gasteiger charge is 2.13. The van der Waals surface area contributed by atoms with E-state index in [1.54, 1.807) is 18.2 Å². The average Bonchev–Trinajstić information content (AvgIpc) is 2.37. The summed E-state index contributed by atoms with van der Waals surface area (Å²) < 4.78 is 0. The summed E-state index contributed by atoms with van der Waals surface area (Å²) in [5, 5.41) is 3.69. The van der Waals surface area contributed by atoms with Crippen LogP contribution in [-0.4, -0.2) is 5.91 Å². The van der Waals surface area contributed by atoms with E-state index < -0.39 is 0 Å². The third-order valence-electron chi connectivity index (χ3n) is 2.72. The smallest absolute Gasteiger partial charge is 0.257 e. The maximum absolute atomic E-state index is 12.2. The Bertz CT molecular complexity index is 621. The molecule has 0 saturated heterocycles. The molecule has 2 aromatic carbocycles. The number of hydrogen-bond donors (Lipinski definition) is 2. The minimum absolute atomic E-state index is 0.326. The Morgan fingerprint density at radius 1 is 1.21 bits per heavy atom. The van der Waals surface area contributed by atoms with E-state index in [1.807, 2.05) is 19.1 Å². The molecule has 0 aromatic heterocycles. The van der Waals surface area contributed by atoms with Crippen molar-refractivity contribution in [3.63, 3.8) is 0 Å². The lowest BCUT2D eigenvalue weighted by Gasteiger charge is -2.11. The molecule has 0 saturated carbocycles. The highest BCUT2D eigenvalue weighted by Crippen LogP contribution is 2.27. The lowest BCUT2D eigenvalue weighted by molar-refractivity contribution is 0.102. The average molecular weight is 295 g/mol. The predicted molar refractivity (Wildman–Crippen MR) is 80.0 cm³/mol. The Hall–Kier alpha value is -1.71. The summed E-state index contributed by atoms with van der Waals surface area (Å²) in [5.74, 6) is -0.337. The van der Waals surface area contributed by atoms with Gasteiger partial charge in [-0.3, -0.25) is 4.79 Å². The SMILES string of the molecule is Cc1cccc(Cl)c1NC(=O)c1cc(Cl)ccc1N. The van der Waals surface area contributed by atoms with E-state index in [4.69, 9.17) is 28.9 Å². The molecular weight excluding hydrogens is 283 g/mol. The van der Waals surface area contributed by atoms with Crippen molar-refractivity contribution in [1.82, 2.24) is 0 Å². The monoisotopic (exact) mass is 294 g/mol. The number of hydrogen-bond acceptors (Lipinski definition) is 2. The number of para-hydroxylation sites is 1. The molecule has 0 heterocycles. The number of nitrogens with one attached hydrogen (secondary N) is 1. The number of amides is 1. The highest BCUT2D eigenvalue weighted by molar-refractivity contribution is 6.34. The molecule has 2 aromatic rings. The van der Waals surface area contributed by atoms with Crippen LogP contribution < -0.4 is 11.1 Å². The minimum Gasteiger partial charge on any atom is -0.398 e. The molecule has 0 atom stereocenters. The first-order valence-electron chi connectivity index (χ1n) is 5.60. The number of halogens is 2. The van der Waals surface area contributed by atoms with Gasteiger partial charge < -0.3 is 11.1 Å². The summed E-state index contributed by atoms with van der Waals surface area (Å²) in [5.41, 5.74) is 7.91. The fourth-order valence-corrected chi connectivity index (χ4v) is 2.14. The molecule has 0 aliphatic rings. The molecule has 0 bridgehead atoms. The van der Waals surface area contributed by atoms with Gasteiger partial charge in [-0.15, -0.1) is 0 Å². The lowest BCUT2D eigenvalue weighted by atomic mass is 10.1. The molecule has 19 heavy (non-hydrogen) atoms.